The summed E-state index contributed by atoms with van der Waals surface area (Å²) in [6.45, 7) is 2.46. The summed E-state index contributed by atoms with van der Waals surface area (Å²) in [5.41, 5.74) is 8.14. The third-order valence-electron chi connectivity index (χ3n) is 7.87. The molecule has 4 heterocycles. The van der Waals surface area contributed by atoms with Crippen LogP contribution in [-0.4, -0.2) is 84.4 Å². The van der Waals surface area contributed by atoms with E-state index in [9.17, 15) is 18.8 Å². The van der Waals surface area contributed by atoms with Gasteiger partial charge in [0.05, 0.1) is 25.1 Å². The molecule has 44 heavy (non-hydrogen) atoms. The van der Waals surface area contributed by atoms with E-state index in [0.717, 1.165) is 11.3 Å². The molecule has 0 spiro atoms. The van der Waals surface area contributed by atoms with E-state index in [1.807, 2.05) is 22.4 Å². The standard InChI is InChI=1S/C30H29ClFN7O4S/c1-43-29(41)25-23(35-27(28-34-8-11-44-28)36-26(25)21-7-4-18(32)13-22(21)31)16-37-9-10-38-20(14-37)15-39(30(38)42)19-5-2-17(3-6-19)12-24(33)40/h2-8,11,13,20,26H,9-10,12,14-16H2,1H3,(H2,33,40)(H,35,36)/t20-,26-/m0/s1. The minimum atomic E-state index is -0.854. The van der Waals surface area contributed by atoms with Crippen LogP contribution in [0.5, 0.6) is 0 Å². The molecule has 2 atom stereocenters. The Hall–Kier alpha value is -4.33. The molecule has 0 aliphatic carbocycles. The van der Waals surface area contributed by atoms with Crippen molar-refractivity contribution in [3.8, 4) is 0 Å². The number of ether oxygens (including phenoxy) is 1. The number of amides is 3. The Balaban J connectivity index is 1.26. The number of carbonyl (C=O) groups is 3. The van der Waals surface area contributed by atoms with Gasteiger partial charge in [0.25, 0.3) is 0 Å². The van der Waals surface area contributed by atoms with Gasteiger partial charge in [-0.1, -0.05) is 29.8 Å². The van der Waals surface area contributed by atoms with Crippen LogP contribution in [0, 0.1) is 5.82 Å². The Labute approximate surface area is 261 Å². The predicted molar refractivity (Wildman–Crippen MR) is 164 cm³/mol. The Morgan fingerprint density at radius 2 is 1.98 bits per heavy atom. The molecule has 3 aliphatic heterocycles. The number of amidine groups is 1. The van der Waals surface area contributed by atoms with Gasteiger partial charge in [0.2, 0.25) is 5.91 Å². The number of nitrogens with two attached hydrogens (primary N) is 1. The van der Waals surface area contributed by atoms with Gasteiger partial charge in [-0.2, -0.15) is 0 Å². The number of carbonyl (C=O) groups excluding carboxylic acids is 3. The third kappa shape index (κ3) is 5.90. The smallest absolute Gasteiger partial charge is 0.338 e. The average Bonchev–Trinajstić information content (AvgIpc) is 3.65. The summed E-state index contributed by atoms with van der Waals surface area (Å²) in [6, 6.07) is 10.2. The molecule has 3 N–H and O–H groups in total. The molecule has 3 aliphatic rings. The van der Waals surface area contributed by atoms with E-state index >= 15 is 0 Å². The summed E-state index contributed by atoms with van der Waals surface area (Å²) in [4.78, 5) is 52.8. The zero-order chi connectivity index (χ0) is 31.0. The number of benzene rings is 2. The number of anilines is 1. The highest BCUT2D eigenvalue weighted by Crippen LogP contribution is 2.37. The van der Waals surface area contributed by atoms with Gasteiger partial charge >= 0.3 is 12.0 Å². The zero-order valence-corrected chi connectivity index (χ0v) is 25.3. The second-order valence-electron chi connectivity index (χ2n) is 10.7. The summed E-state index contributed by atoms with van der Waals surface area (Å²) in [6.07, 6.45) is 1.80. The highest BCUT2D eigenvalue weighted by Gasteiger charge is 2.42. The quantitative estimate of drug-likeness (QED) is 0.363. The van der Waals surface area contributed by atoms with Gasteiger partial charge in [-0.15, -0.1) is 11.3 Å². The number of piperazine rings is 1. The fourth-order valence-corrected chi connectivity index (χ4v) is 6.68. The summed E-state index contributed by atoms with van der Waals surface area (Å²) >= 11 is 7.86. The maximum atomic E-state index is 14.0. The minimum Gasteiger partial charge on any atom is -0.466 e. The fraction of sp³-hybridized carbons (Fsp3) is 0.300. The van der Waals surface area contributed by atoms with Gasteiger partial charge < -0.3 is 20.7 Å². The molecule has 2 fully saturated rings. The van der Waals surface area contributed by atoms with E-state index < -0.39 is 23.7 Å². The molecule has 2 saturated heterocycles. The van der Waals surface area contributed by atoms with Crippen LogP contribution < -0.4 is 16.0 Å². The number of methoxy groups -OCH3 is 1. The number of rotatable bonds is 8. The van der Waals surface area contributed by atoms with Crippen LogP contribution in [0.25, 0.3) is 0 Å². The van der Waals surface area contributed by atoms with Crippen LogP contribution in [0.4, 0.5) is 14.9 Å². The largest absolute Gasteiger partial charge is 0.466 e. The number of aliphatic imine (C=N–C) groups is 1. The van der Waals surface area contributed by atoms with Crippen molar-refractivity contribution in [1.29, 1.82) is 0 Å². The lowest BCUT2D eigenvalue weighted by Crippen LogP contribution is -2.53. The van der Waals surface area contributed by atoms with Crippen molar-refractivity contribution in [3.05, 3.63) is 92.3 Å². The normalized spacial score (nSPS) is 20.3. The first kappa shape index (κ1) is 29.7. The molecule has 0 bridgehead atoms. The number of primary amides is 1. The molecule has 3 aromatic rings. The van der Waals surface area contributed by atoms with Gasteiger partial charge in [-0.25, -0.2) is 19.0 Å². The van der Waals surface area contributed by atoms with Crippen molar-refractivity contribution in [1.82, 2.24) is 20.1 Å². The number of esters is 1. The fourth-order valence-electron chi connectivity index (χ4n) is 5.82. The van der Waals surface area contributed by atoms with Crippen molar-refractivity contribution in [2.45, 2.75) is 18.5 Å². The number of nitrogens with one attached hydrogen (secondary N) is 1. The summed E-state index contributed by atoms with van der Waals surface area (Å²) < 4.78 is 19.1. The number of urea groups is 1. The molecule has 1 aromatic heterocycles. The molecule has 14 heteroatoms. The lowest BCUT2D eigenvalue weighted by molar-refractivity contribution is -0.136. The number of hydrogen-bond acceptors (Lipinski definition) is 9. The zero-order valence-electron chi connectivity index (χ0n) is 23.7. The molecule has 6 rings (SSSR count). The summed E-state index contributed by atoms with van der Waals surface area (Å²) in [7, 11) is 1.30. The van der Waals surface area contributed by atoms with Gasteiger partial charge in [0.1, 0.15) is 11.9 Å². The number of thiazole rings is 1. The maximum Gasteiger partial charge on any atom is 0.338 e. The van der Waals surface area contributed by atoms with Crippen molar-refractivity contribution >= 4 is 52.4 Å². The van der Waals surface area contributed by atoms with E-state index in [1.54, 1.807) is 23.2 Å². The first-order chi connectivity index (χ1) is 21.2. The molecule has 0 saturated carbocycles. The number of hydrogen-bond donors (Lipinski definition) is 2. The Morgan fingerprint density at radius 3 is 2.66 bits per heavy atom. The first-order valence-corrected chi connectivity index (χ1v) is 15.2. The van der Waals surface area contributed by atoms with Crippen LogP contribution in [0.3, 0.4) is 0 Å². The maximum absolute atomic E-state index is 14.0. The molecule has 228 valence electrons. The Bertz CT molecular complexity index is 1660. The monoisotopic (exact) mass is 637 g/mol. The van der Waals surface area contributed by atoms with Crippen molar-refractivity contribution in [2.24, 2.45) is 10.7 Å². The van der Waals surface area contributed by atoms with E-state index in [0.29, 0.717) is 54.8 Å². The van der Waals surface area contributed by atoms with Crippen LogP contribution in [0.2, 0.25) is 5.02 Å². The number of halogens is 2. The van der Waals surface area contributed by atoms with Gasteiger partial charge in [-0.3, -0.25) is 19.6 Å². The Kier molecular flexibility index (Phi) is 8.34. The van der Waals surface area contributed by atoms with Gasteiger partial charge in [0.15, 0.2) is 10.8 Å². The van der Waals surface area contributed by atoms with Crippen LogP contribution in [-0.2, 0) is 20.7 Å². The molecule has 0 radical (unpaired) electrons. The molecular formula is C30H29ClFN7O4S. The minimum absolute atomic E-state index is 0.0771. The van der Waals surface area contributed by atoms with E-state index in [4.69, 9.17) is 27.1 Å². The van der Waals surface area contributed by atoms with Crippen LogP contribution in [0.1, 0.15) is 22.2 Å². The molecule has 0 unspecified atom stereocenters. The number of aromatic nitrogens is 1. The van der Waals surface area contributed by atoms with Crippen molar-refractivity contribution < 1.29 is 23.5 Å². The van der Waals surface area contributed by atoms with Crippen molar-refractivity contribution in [2.75, 3.05) is 44.7 Å². The van der Waals surface area contributed by atoms with E-state index in [2.05, 4.69) is 15.2 Å². The summed E-state index contributed by atoms with van der Waals surface area (Å²) in [5, 5.41) is 5.90. The van der Waals surface area contributed by atoms with Crippen LogP contribution in [0.15, 0.2) is 70.3 Å². The second kappa shape index (κ2) is 12.3. The van der Waals surface area contributed by atoms with Crippen molar-refractivity contribution in [3.63, 3.8) is 0 Å². The lowest BCUT2D eigenvalue weighted by Gasteiger charge is -2.38. The Morgan fingerprint density at radius 1 is 1.18 bits per heavy atom. The summed E-state index contributed by atoms with van der Waals surface area (Å²) in [5.74, 6) is -1.03. The SMILES string of the molecule is COC(=O)C1=C(CN2CCN3C(=O)N(c4ccc(CC(N)=O)cc4)C[C@@H]3C2)NC(c2nccs2)=N[C@H]1c1ccc(F)cc1Cl. The average molecular weight is 638 g/mol. The van der Waals surface area contributed by atoms with E-state index in [-0.39, 0.29) is 29.1 Å². The van der Waals surface area contributed by atoms with Gasteiger partial charge in [-0.05, 0) is 29.8 Å². The van der Waals surface area contributed by atoms with Crippen LogP contribution >= 0.6 is 22.9 Å². The topological polar surface area (TPSA) is 133 Å². The first-order valence-electron chi connectivity index (χ1n) is 13.9. The van der Waals surface area contributed by atoms with E-state index in [1.165, 1.54) is 36.6 Å². The molecule has 2 aromatic carbocycles. The predicted octanol–water partition coefficient (Wildman–Crippen LogP) is 3.11. The molecule has 3 amide bonds. The number of nitrogens with zero attached hydrogens (tertiary/aromatic N) is 5. The second-order valence-corrected chi connectivity index (χ2v) is 12.0. The molecule has 11 nitrogen and oxygen atoms in total. The third-order valence-corrected chi connectivity index (χ3v) is 8.98. The molecular weight excluding hydrogens is 609 g/mol. The number of fused-ring (bicyclic) bond motifs is 1. The highest BCUT2D eigenvalue weighted by molar-refractivity contribution is 7.11. The van der Waals surface area contributed by atoms with Gasteiger partial charge in [0, 0.05) is 66.3 Å². The lowest BCUT2D eigenvalue weighted by atomic mass is 9.95. The highest BCUT2D eigenvalue weighted by atomic mass is 35.5.